The predicted octanol–water partition coefficient (Wildman–Crippen LogP) is 0.370. The van der Waals surface area contributed by atoms with Crippen LogP contribution in [0.25, 0.3) is 5.82 Å². The first-order valence-electron chi connectivity index (χ1n) is 5.54. The Morgan fingerprint density at radius 1 is 1.32 bits per heavy atom. The molecule has 2 aromatic heterocycles. The van der Waals surface area contributed by atoms with Crippen molar-refractivity contribution in [2.24, 2.45) is 0 Å². The molecule has 0 aliphatic carbocycles. The van der Waals surface area contributed by atoms with Crippen molar-refractivity contribution in [3.8, 4) is 5.82 Å². The van der Waals surface area contributed by atoms with Gasteiger partial charge in [-0.05, 0) is 12.1 Å². The van der Waals surface area contributed by atoms with E-state index in [0.717, 1.165) is 29.3 Å². The fourth-order valence-electron chi connectivity index (χ4n) is 1.39. The zero-order valence-corrected chi connectivity index (χ0v) is 11.7. The molecule has 0 unspecified atom stereocenters. The summed E-state index contributed by atoms with van der Waals surface area (Å²) in [6.45, 7) is 0. The number of nitrogens with zero attached hydrogens (tertiary/aromatic N) is 4. The Morgan fingerprint density at radius 3 is 2.50 bits per heavy atom. The lowest BCUT2D eigenvalue weighted by Crippen LogP contribution is -2.29. The van der Waals surface area contributed by atoms with E-state index in [1.54, 1.807) is 4.72 Å². The van der Waals surface area contributed by atoms with E-state index in [2.05, 4.69) is 15.3 Å². The van der Waals surface area contributed by atoms with Gasteiger partial charge in [0.15, 0.2) is 11.5 Å². The summed E-state index contributed by atoms with van der Waals surface area (Å²) in [5.74, 6) is -1.03. The maximum atomic E-state index is 12.4. The molecule has 2 rings (SSSR count). The van der Waals surface area contributed by atoms with Gasteiger partial charge in [-0.25, -0.2) is 22.8 Å². The summed E-state index contributed by atoms with van der Waals surface area (Å²) in [6, 6.07) is 1.83. The van der Waals surface area contributed by atoms with E-state index in [0.29, 0.717) is 6.20 Å². The lowest BCUT2D eigenvalue weighted by Gasteiger charge is -2.06. The first kappa shape index (κ1) is 15.9. The second kappa shape index (κ2) is 5.36. The number of rotatable bonds is 3. The van der Waals surface area contributed by atoms with Crippen molar-refractivity contribution in [3.05, 3.63) is 35.8 Å². The number of sulfonamides is 1. The van der Waals surface area contributed by atoms with Crippen LogP contribution < -0.4 is 4.72 Å². The molecule has 1 N–H and O–H groups in total. The van der Waals surface area contributed by atoms with Crippen LogP contribution in [-0.4, -0.2) is 40.6 Å². The zero-order chi connectivity index (χ0) is 16.5. The molecule has 8 nitrogen and oxygen atoms in total. The lowest BCUT2D eigenvalue weighted by molar-refractivity contribution is -0.137. The number of amides is 1. The molecule has 0 saturated heterocycles. The van der Waals surface area contributed by atoms with Crippen molar-refractivity contribution >= 4 is 15.9 Å². The van der Waals surface area contributed by atoms with Crippen LogP contribution in [0.1, 0.15) is 16.1 Å². The average Bonchev–Trinajstić information content (AvgIpc) is 2.85. The average molecular weight is 335 g/mol. The monoisotopic (exact) mass is 335 g/mol. The quantitative estimate of drug-likeness (QED) is 0.868. The van der Waals surface area contributed by atoms with Gasteiger partial charge in [0.05, 0.1) is 18.0 Å². The van der Waals surface area contributed by atoms with E-state index in [1.807, 2.05) is 0 Å². The third kappa shape index (κ3) is 3.78. The summed E-state index contributed by atoms with van der Waals surface area (Å²) in [4.78, 5) is 15.1. The third-order valence-electron chi connectivity index (χ3n) is 2.31. The number of halogens is 3. The van der Waals surface area contributed by atoms with Crippen LogP contribution in [0.3, 0.4) is 0 Å². The Kier molecular flexibility index (Phi) is 3.87. The van der Waals surface area contributed by atoms with Gasteiger partial charge in [0.2, 0.25) is 10.0 Å². The minimum Gasteiger partial charge on any atom is -0.266 e. The number of pyridine rings is 1. The molecule has 22 heavy (non-hydrogen) atoms. The first-order chi connectivity index (χ1) is 10.1. The Morgan fingerprint density at radius 2 is 2.00 bits per heavy atom. The molecular formula is C10H8F3N5O3S. The van der Waals surface area contributed by atoms with Gasteiger partial charge in [0.1, 0.15) is 0 Å². The second-order valence-electron chi connectivity index (χ2n) is 4.15. The van der Waals surface area contributed by atoms with Crippen LogP contribution in [0.15, 0.2) is 24.5 Å². The van der Waals surface area contributed by atoms with Crippen molar-refractivity contribution in [3.63, 3.8) is 0 Å². The molecule has 118 valence electrons. The molecule has 0 spiro atoms. The number of aromatic nitrogens is 4. The Hall–Kier alpha value is -2.50. The van der Waals surface area contributed by atoms with E-state index >= 15 is 0 Å². The number of alkyl halides is 3. The largest absolute Gasteiger partial charge is 0.417 e. The van der Waals surface area contributed by atoms with Crippen LogP contribution in [0.2, 0.25) is 0 Å². The third-order valence-corrected chi connectivity index (χ3v) is 2.87. The standard InChI is InChI=1S/C10H8F3N5O3S/c1-22(20,21)16-9(19)7-5-18(17-15-7)8-3-2-6(4-14-8)10(11,12)13/h2-5H,1H3,(H,16,19). The normalized spacial score (nSPS) is 12.2. The Balaban J connectivity index is 2.23. The highest BCUT2D eigenvalue weighted by Crippen LogP contribution is 2.28. The zero-order valence-electron chi connectivity index (χ0n) is 10.9. The van der Waals surface area contributed by atoms with Crippen molar-refractivity contribution in [1.82, 2.24) is 24.7 Å². The summed E-state index contributed by atoms with van der Waals surface area (Å²) in [7, 11) is -3.77. The van der Waals surface area contributed by atoms with E-state index < -0.39 is 27.7 Å². The number of carbonyl (C=O) groups is 1. The molecular weight excluding hydrogens is 327 g/mol. The highest BCUT2D eigenvalue weighted by molar-refractivity contribution is 7.89. The molecule has 0 aliphatic heterocycles. The molecule has 0 bridgehead atoms. The van der Waals surface area contributed by atoms with Gasteiger partial charge in [0.25, 0.3) is 5.91 Å². The molecule has 2 heterocycles. The molecule has 1 amide bonds. The minimum absolute atomic E-state index is 0.0149. The highest BCUT2D eigenvalue weighted by atomic mass is 32.2. The fourth-order valence-corrected chi connectivity index (χ4v) is 1.83. The predicted molar refractivity (Wildman–Crippen MR) is 66.5 cm³/mol. The van der Waals surface area contributed by atoms with Gasteiger partial charge in [-0.15, -0.1) is 5.10 Å². The smallest absolute Gasteiger partial charge is 0.266 e. The first-order valence-corrected chi connectivity index (χ1v) is 7.43. The Labute approximate surface area is 122 Å². The van der Waals surface area contributed by atoms with Crippen LogP contribution in [-0.2, 0) is 16.2 Å². The van der Waals surface area contributed by atoms with E-state index in [9.17, 15) is 26.4 Å². The van der Waals surface area contributed by atoms with Gasteiger partial charge in [-0.2, -0.15) is 13.2 Å². The summed E-state index contributed by atoms with van der Waals surface area (Å²) in [6.07, 6.45) is -2.09. The Bertz CT molecular complexity index is 798. The van der Waals surface area contributed by atoms with Crippen molar-refractivity contribution in [2.45, 2.75) is 6.18 Å². The molecule has 2 aromatic rings. The second-order valence-corrected chi connectivity index (χ2v) is 5.90. The fraction of sp³-hybridized carbons (Fsp3) is 0.200. The van der Waals surface area contributed by atoms with Crippen LogP contribution in [0.4, 0.5) is 13.2 Å². The minimum atomic E-state index is -4.52. The van der Waals surface area contributed by atoms with Crippen LogP contribution in [0.5, 0.6) is 0 Å². The number of carbonyl (C=O) groups excluding carboxylic acids is 1. The summed E-state index contributed by atoms with van der Waals surface area (Å²) in [5, 5.41) is 6.92. The number of nitrogens with one attached hydrogen (secondary N) is 1. The summed E-state index contributed by atoms with van der Waals surface area (Å²) >= 11 is 0. The van der Waals surface area contributed by atoms with Crippen LogP contribution in [0, 0.1) is 0 Å². The molecule has 0 saturated carbocycles. The molecule has 0 aliphatic rings. The van der Waals surface area contributed by atoms with Crippen LogP contribution >= 0.6 is 0 Å². The highest BCUT2D eigenvalue weighted by Gasteiger charge is 2.30. The lowest BCUT2D eigenvalue weighted by atomic mass is 10.3. The number of hydrogen-bond donors (Lipinski definition) is 1. The van der Waals surface area contributed by atoms with E-state index in [4.69, 9.17) is 0 Å². The maximum Gasteiger partial charge on any atom is 0.417 e. The van der Waals surface area contributed by atoms with Crippen molar-refractivity contribution < 1.29 is 26.4 Å². The topological polar surface area (TPSA) is 107 Å². The molecule has 0 fully saturated rings. The van der Waals surface area contributed by atoms with Gasteiger partial charge in [-0.3, -0.25) is 4.79 Å². The SMILES string of the molecule is CS(=O)(=O)NC(=O)c1cn(-c2ccc(C(F)(F)F)cn2)nn1. The van der Waals surface area contributed by atoms with Crippen molar-refractivity contribution in [2.75, 3.05) is 6.26 Å². The molecule has 0 atom stereocenters. The number of hydrogen-bond acceptors (Lipinski definition) is 6. The summed E-state index contributed by atoms with van der Waals surface area (Å²) < 4.78 is 61.7. The summed E-state index contributed by atoms with van der Waals surface area (Å²) in [5.41, 5.74) is -1.27. The molecule has 0 radical (unpaired) electrons. The molecule has 12 heteroatoms. The van der Waals surface area contributed by atoms with Gasteiger partial charge in [0, 0.05) is 6.20 Å². The van der Waals surface area contributed by atoms with Gasteiger partial charge >= 0.3 is 6.18 Å². The molecule has 0 aromatic carbocycles. The van der Waals surface area contributed by atoms with E-state index in [-0.39, 0.29) is 11.5 Å². The van der Waals surface area contributed by atoms with Crippen molar-refractivity contribution in [1.29, 1.82) is 0 Å². The van der Waals surface area contributed by atoms with E-state index in [1.165, 1.54) is 0 Å². The maximum absolute atomic E-state index is 12.4. The van der Waals surface area contributed by atoms with Gasteiger partial charge < -0.3 is 0 Å². The van der Waals surface area contributed by atoms with Gasteiger partial charge in [-0.1, -0.05) is 5.21 Å².